The highest BCUT2D eigenvalue weighted by Crippen LogP contribution is 2.42. The molecule has 0 amide bonds. The van der Waals surface area contributed by atoms with E-state index in [4.69, 9.17) is 16.7 Å². The van der Waals surface area contributed by atoms with Gasteiger partial charge in [0.1, 0.15) is 17.0 Å². The van der Waals surface area contributed by atoms with Crippen LogP contribution in [-0.4, -0.2) is 19.7 Å². The summed E-state index contributed by atoms with van der Waals surface area (Å²) >= 11 is 6.54. The van der Waals surface area contributed by atoms with Gasteiger partial charge in [-0.05, 0) is 23.1 Å². The molecule has 0 fully saturated rings. The molecule has 0 spiro atoms. The molecule has 5 aromatic rings. The van der Waals surface area contributed by atoms with Crippen molar-refractivity contribution in [3.05, 3.63) is 125 Å². The highest BCUT2D eigenvalue weighted by atomic mass is 35.5. The summed E-state index contributed by atoms with van der Waals surface area (Å²) in [5, 5.41) is 6.33. The van der Waals surface area contributed by atoms with Crippen molar-refractivity contribution in [1.29, 1.82) is 0 Å². The smallest absolute Gasteiger partial charge is 0.164 e. The lowest BCUT2D eigenvalue weighted by Gasteiger charge is -2.36. The molecule has 5 heteroatoms. The van der Waals surface area contributed by atoms with Crippen molar-refractivity contribution >= 4 is 22.6 Å². The molecule has 2 heterocycles. The lowest BCUT2D eigenvalue weighted by atomic mass is 9.77. The fraction of sp³-hybridized carbons (Fsp3) is 0.115. The van der Waals surface area contributed by atoms with E-state index in [0.29, 0.717) is 10.8 Å². The van der Waals surface area contributed by atoms with Crippen LogP contribution in [0.4, 0.5) is 0 Å². The first-order chi connectivity index (χ1) is 15.3. The molecule has 0 bridgehead atoms. The number of aryl methyl sites for hydroxylation is 1. The molecule has 0 radical (unpaired) electrons. The minimum atomic E-state index is -0.729. The average molecular weight is 425 g/mol. The molecule has 2 aromatic heterocycles. The summed E-state index contributed by atoms with van der Waals surface area (Å²) in [7, 11) is 0. The zero-order valence-corrected chi connectivity index (χ0v) is 17.9. The number of fused-ring (bicyclic) bond motifs is 1. The van der Waals surface area contributed by atoms with Gasteiger partial charge in [0.15, 0.2) is 5.65 Å². The zero-order valence-electron chi connectivity index (χ0n) is 17.1. The number of rotatable bonds is 5. The minimum absolute atomic E-state index is 0.427. The minimum Gasteiger partial charge on any atom is -0.227 e. The van der Waals surface area contributed by atoms with E-state index in [-0.39, 0.29) is 0 Å². The summed E-state index contributed by atoms with van der Waals surface area (Å²) in [6.45, 7) is 2.07. The Morgan fingerprint density at radius 1 is 0.742 bits per heavy atom. The summed E-state index contributed by atoms with van der Waals surface area (Å²) in [5.74, 6) is 0. The maximum absolute atomic E-state index is 6.54. The predicted molar refractivity (Wildman–Crippen MR) is 124 cm³/mol. The van der Waals surface area contributed by atoms with Gasteiger partial charge in [0, 0.05) is 0 Å². The van der Waals surface area contributed by atoms with Crippen molar-refractivity contribution in [2.24, 2.45) is 0 Å². The molecule has 5 rings (SSSR count). The summed E-state index contributed by atoms with van der Waals surface area (Å²) in [5.41, 5.74) is 4.14. The fourth-order valence-electron chi connectivity index (χ4n) is 4.37. The molecule has 0 saturated heterocycles. The Bertz CT molecular complexity index is 1220. The van der Waals surface area contributed by atoms with Gasteiger partial charge in [-0.2, -0.15) is 5.10 Å². The molecule has 31 heavy (non-hydrogen) atoms. The van der Waals surface area contributed by atoms with Crippen LogP contribution in [0.15, 0.2) is 97.3 Å². The molecule has 3 aromatic carbocycles. The maximum Gasteiger partial charge on any atom is 0.164 e. The van der Waals surface area contributed by atoms with E-state index in [0.717, 1.165) is 34.2 Å². The SMILES string of the molecule is CCc1nn(C(c2ccccc2)(c2ccccc2)c2ccccc2)c2ncnc(Cl)c12. The van der Waals surface area contributed by atoms with Gasteiger partial charge in [0.2, 0.25) is 0 Å². The van der Waals surface area contributed by atoms with Gasteiger partial charge >= 0.3 is 0 Å². The molecule has 0 aliphatic rings. The maximum atomic E-state index is 6.54. The second-order valence-corrected chi connectivity index (χ2v) is 7.74. The molecule has 0 N–H and O–H groups in total. The summed E-state index contributed by atoms with van der Waals surface area (Å²) in [6.07, 6.45) is 2.24. The third-order valence-electron chi connectivity index (χ3n) is 5.72. The average Bonchev–Trinajstić information content (AvgIpc) is 3.22. The highest BCUT2D eigenvalue weighted by molar-refractivity contribution is 6.34. The van der Waals surface area contributed by atoms with Gasteiger partial charge in [-0.3, -0.25) is 0 Å². The van der Waals surface area contributed by atoms with Gasteiger partial charge in [-0.15, -0.1) is 0 Å². The van der Waals surface area contributed by atoms with Crippen LogP contribution in [0.3, 0.4) is 0 Å². The first kappa shape index (κ1) is 19.5. The number of benzene rings is 3. The van der Waals surface area contributed by atoms with Crippen LogP contribution in [0, 0.1) is 0 Å². The summed E-state index contributed by atoms with van der Waals surface area (Å²) in [4.78, 5) is 8.89. The molecule has 0 aliphatic carbocycles. The van der Waals surface area contributed by atoms with Crippen molar-refractivity contribution in [1.82, 2.24) is 19.7 Å². The fourth-order valence-corrected chi connectivity index (χ4v) is 4.61. The summed E-state index contributed by atoms with van der Waals surface area (Å²) in [6, 6.07) is 31.3. The quantitative estimate of drug-likeness (QED) is 0.261. The third kappa shape index (κ3) is 3.03. The standard InChI is InChI=1S/C26H21ClN4/c1-2-22-23-24(27)28-18-29-25(23)31(30-22)26(19-12-6-3-7-13-19,20-14-8-4-9-15-20)21-16-10-5-11-17-21/h3-18H,2H2,1H3. The van der Waals surface area contributed by atoms with Crippen molar-refractivity contribution in [3.8, 4) is 0 Å². The van der Waals surface area contributed by atoms with Crippen LogP contribution in [0.5, 0.6) is 0 Å². The molecule has 4 nitrogen and oxygen atoms in total. The van der Waals surface area contributed by atoms with Crippen molar-refractivity contribution in [2.45, 2.75) is 18.9 Å². The predicted octanol–water partition coefficient (Wildman–Crippen LogP) is 5.88. The first-order valence-electron chi connectivity index (χ1n) is 10.3. The van der Waals surface area contributed by atoms with Gasteiger partial charge < -0.3 is 0 Å². The molecule has 0 saturated carbocycles. The number of hydrogen-bond donors (Lipinski definition) is 0. The van der Waals surface area contributed by atoms with Crippen LogP contribution in [0.25, 0.3) is 11.0 Å². The Balaban J connectivity index is 2.00. The molecular formula is C26H21ClN4. The van der Waals surface area contributed by atoms with Gasteiger partial charge in [0.05, 0.1) is 11.1 Å². The normalized spacial score (nSPS) is 11.7. The van der Waals surface area contributed by atoms with Crippen molar-refractivity contribution in [2.75, 3.05) is 0 Å². The van der Waals surface area contributed by atoms with Gasteiger partial charge in [-0.1, -0.05) is 110 Å². The first-order valence-corrected chi connectivity index (χ1v) is 10.7. The molecule has 0 unspecified atom stereocenters. The van der Waals surface area contributed by atoms with Crippen LogP contribution in [0.1, 0.15) is 29.3 Å². The van der Waals surface area contributed by atoms with Crippen molar-refractivity contribution in [3.63, 3.8) is 0 Å². The highest BCUT2D eigenvalue weighted by Gasteiger charge is 2.41. The number of hydrogen-bond acceptors (Lipinski definition) is 3. The van der Waals surface area contributed by atoms with E-state index >= 15 is 0 Å². The van der Waals surface area contributed by atoms with Crippen LogP contribution in [-0.2, 0) is 12.0 Å². The zero-order chi connectivity index (χ0) is 21.3. The lowest BCUT2D eigenvalue weighted by Crippen LogP contribution is -2.38. The lowest BCUT2D eigenvalue weighted by molar-refractivity contribution is 0.468. The number of nitrogens with zero attached hydrogens (tertiary/aromatic N) is 4. The Labute approximate surface area is 186 Å². The number of aromatic nitrogens is 4. The van der Waals surface area contributed by atoms with Crippen LogP contribution < -0.4 is 0 Å². The Hall–Kier alpha value is -3.50. The Morgan fingerprint density at radius 2 is 1.23 bits per heavy atom. The van der Waals surface area contributed by atoms with Gasteiger partial charge in [-0.25, -0.2) is 14.6 Å². The van der Waals surface area contributed by atoms with Crippen LogP contribution in [0.2, 0.25) is 5.15 Å². The van der Waals surface area contributed by atoms with Crippen molar-refractivity contribution < 1.29 is 0 Å². The summed E-state index contributed by atoms with van der Waals surface area (Å²) < 4.78 is 2.02. The van der Waals surface area contributed by atoms with E-state index in [1.807, 2.05) is 22.9 Å². The van der Waals surface area contributed by atoms with E-state index in [9.17, 15) is 0 Å². The van der Waals surface area contributed by atoms with E-state index in [1.54, 1.807) is 0 Å². The van der Waals surface area contributed by atoms with E-state index in [1.165, 1.54) is 6.33 Å². The second kappa shape index (κ2) is 7.97. The van der Waals surface area contributed by atoms with E-state index in [2.05, 4.69) is 89.7 Å². The second-order valence-electron chi connectivity index (χ2n) is 7.38. The monoisotopic (exact) mass is 424 g/mol. The van der Waals surface area contributed by atoms with E-state index < -0.39 is 5.54 Å². The topological polar surface area (TPSA) is 43.6 Å². The number of halogens is 1. The largest absolute Gasteiger partial charge is 0.227 e. The molecule has 152 valence electrons. The molecular weight excluding hydrogens is 404 g/mol. The third-order valence-corrected chi connectivity index (χ3v) is 6.00. The Morgan fingerprint density at radius 3 is 1.68 bits per heavy atom. The Kier molecular flexibility index (Phi) is 5.00. The van der Waals surface area contributed by atoms with Crippen LogP contribution >= 0.6 is 11.6 Å². The molecule has 0 atom stereocenters. The van der Waals surface area contributed by atoms with Gasteiger partial charge in [0.25, 0.3) is 0 Å². The molecule has 0 aliphatic heterocycles.